The molecule has 0 N–H and O–H groups in total. The standard InChI is InChI=1S/C16H12ClNO6/c1-2-23-15(19)10-3-6-12(7-4-10)24-16(20)13-8-5-11(17)9-14(13)18(21)22/h3-9H,2H2,1H3. The molecule has 7 nitrogen and oxygen atoms in total. The van der Waals surface area contributed by atoms with Crippen LogP contribution < -0.4 is 4.74 Å². The van der Waals surface area contributed by atoms with Crippen LogP contribution in [0.3, 0.4) is 0 Å². The Balaban J connectivity index is 2.18. The normalized spacial score (nSPS) is 10.1. The maximum Gasteiger partial charge on any atom is 0.350 e. The Hall–Kier alpha value is -2.93. The second-order valence-electron chi connectivity index (χ2n) is 4.55. The van der Waals surface area contributed by atoms with Crippen molar-refractivity contribution in [2.45, 2.75) is 6.92 Å². The van der Waals surface area contributed by atoms with Crippen LogP contribution in [-0.2, 0) is 4.74 Å². The maximum absolute atomic E-state index is 12.1. The number of hydrogen-bond acceptors (Lipinski definition) is 6. The van der Waals surface area contributed by atoms with Crippen molar-refractivity contribution in [2.75, 3.05) is 6.61 Å². The third kappa shape index (κ3) is 4.08. The van der Waals surface area contributed by atoms with E-state index in [9.17, 15) is 19.7 Å². The van der Waals surface area contributed by atoms with Crippen molar-refractivity contribution in [3.05, 3.63) is 68.7 Å². The molecular formula is C16H12ClNO6. The number of rotatable bonds is 5. The summed E-state index contributed by atoms with van der Waals surface area (Å²) >= 11 is 5.70. The molecule has 0 heterocycles. The molecule has 0 saturated heterocycles. The van der Waals surface area contributed by atoms with Gasteiger partial charge >= 0.3 is 11.9 Å². The molecule has 0 aliphatic rings. The molecule has 2 aromatic carbocycles. The van der Waals surface area contributed by atoms with Crippen LogP contribution in [-0.4, -0.2) is 23.5 Å². The summed E-state index contributed by atoms with van der Waals surface area (Å²) in [5, 5.41) is 11.1. The summed E-state index contributed by atoms with van der Waals surface area (Å²) < 4.78 is 9.92. The van der Waals surface area contributed by atoms with Crippen molar-refractivity contribution in [2.24, 2.45) is 0 Å². The van der Waals surface area contributed by atoms with E-state index >= 15 is 0 Å². The minimum absolute atomic E-state index is 0.136. The SMILES string of the molecule is CCOC(=O)c1ccc(OC(=O)c2ccc(Cl)cc2[N+](=O)[O-])cc1. The quantitative estimate of drug-likeness (QED) is 0.354. The van der Waals surface area contributed by atoms with E-state index < -0.39 is 22.5 Å². The fraction of sp³-hybridized carbons (Fsp3) is 0.125. The van der Waals surface area contributed by atoms with E-state index in [-0.39, 0.29) is 22.9 Å². The molecule has 2 aromatic rings. The molecule has 8 heteroatoms. The summed E-state index contributed by atoms with van der Waals surface area (Å²) in [6.45, 7) is 1.93. The number of carbonyl (C=O) groups is 2. The molecule has 0 aromatic heterocycles. The lowest BCUT2D eigenvalue weighted by molar-refractivity contribution is -0.385. The Kier molecular flexibility index (Phi) is 5.49. The predicted octanol–water partition coefficient (Wildman–Crippen LogP) is 3.64. The number of nitrogens with zero attached hydrogens (tertiary/aromatic N) is 1. The van der Waals surface area contributed by atoms with Crippen molar-refractivity contribution in [1.29, 1.82) is 0 Å². The summed E-state index contributed by atoms with van der Waals surface area (Å²) in [6.07, 6.45) is 0. The highest BCUT2D eigenvalue weighted by Gasteiger charge is 2.22. The molecule has 0 unspecified atom stereocenters. The number of benzene rings is 2. The van der Waals surface area contributed by atoms with Crippen LogP contribution in [0, 0.1) is 10.1 Å². The van der Waals surface area contributed by atoms with Gasteiger partial charge in [-0.05, 0) is 43.3 Å². The van der Waals surface area contributed by atoms with Crippen molar-refractivity contribution in [3.8, 4) is 5.75 Å². The summed E-state index contributed by atoms with van der Waals surface area (Å²) in [5.74, 6) is -1.26. The Morgan fingerprint density at radius 2 is 1.79 bits per heavy atom. The highest BCUT2D eigenvalue weighted by molar-refractivity contribution is 6.31. The average Bonchev–Trinajstić information content (AvgIpc) is 2.55. The summed E-state index contributed by atoms with van der Waals surface area (Å²) in [4.78, 5) is 33.9. The van der Waals surface area contributed by atoms with Crippen LogP contribution in [0.2, 0.25) is 5.02 Å². The molecule has 0 bridgehead atoms. The fourth-order valence-electron chi connectivity index (χ4n) is 1.86. The molecule has 2 rings (SSSR count). The van der Waals surface area contributed by atoms with Crippen molar-refractivity contribution < 1.29 is 24.0 Å². The van der Waals surface area contributed by atoms with Gasteiger partial charge in [0, 0.05) is 11.1 Å². The molecular weight excluding hydrogens is 338 g/mol. The number of nitro benzene ring substituents is 1. The number of carbonyl (C=O) groups excluding carboxylic acids is 2. The number of esters is 2. The summed E-state index contributed by atoms with van der Waals surface area (Å²) in [7, 11) is 0. The Labute approximate surface area is 141 Å². The lowest BCUT2D eigenvalue weighted by Gasteiger charge is -2.06. The number of halogens is 1. The van der Waals surface area contributed by atoms with Gasteiger partial charge in [0.25, 0.3) is 5.69 Å². The van der Waals surface area contributed by atoms with E-state index in [1.165, 1.54) is 36.4 Å². The molecule has 0 spiro atoms. The number of hydrogen-bond donors (Lipinski definition) is 0. The summed E-state index contributed by atoms with van der Waals surface area (Å²) in [5.41, 5.74) is -0.372. The first-order valence-electron chi connectivity index (χ1n) is 6.85. The third-order valence-electron chi connectivity index (χ3n) is 2.95. The van der Waals surface area contributed by atoms with Gasteiger partial charge in [0.1, 0.15) is 11.3 Å². The highest BCUT2D eigenvalue weighted by Crippen LogP contribution is 2.25. The minimum Gasteiger partial charge on any atom is -0.462 e. The van der Waals surface area contributed by atoms with E-state index in [1.54, 1.807) is 6.92 Å². The van der Waals surface area contributed by atoms with Crippen molar-refractivity contribution in [1.82, 2.24) is 0 Å². The number of nitro groups is 1. The largest absolute Gasteiger partial charge is 0.462 e. The first kappa shape index (κ1) is 17.4. The third-order valence-corrected chi connectivity index (χ3v) is 3.19. The zero-order valence-corrected chi connectivity index (χ0v) is 13.3. The monoisotopic (exact) mass is 349 g/mol. The van der Waals surface area contributed by atoms with Crippen molar-refractivity contribution in [3.63, 3.8) is 0 Å². The maximum atomic E-state index is 12.1. The van der Waals surface area contributed by atoms with E-state index in [2.05, 4.69) is 0 Å². The highest BCUT2D eigenvalue weighted by atomic mass is 35.5. The van der Waals surface area contributed by atoms with E-state index in [0.717, 1.165) is 6.07 Å². The van der Waals surface area contributed by atoms with Gasteiger partial charge < -0.3 is 9.47 Å². The van der Waals surface area contributed by atoms with Gasteiger partial charge in [0.15, 0.2) is 0 Å². The molecule has 0 amide bonds. The van der Waals surface area contributed by atoms with Gasteiger partial charge in [-0.3, -0.25) is 10.1 Å². The molecule has 0 fully saturated rings. The molecule has 24 heavy (non-hydrogen) atoms. The van der Waals surface area contributed by atoms with E-state index in [0.29, 0.717) is 5.56 Å². The Morgan fingerprint density at radius 3 is 2.38 bits per heavy atom. The second kappa shape index (κ2) is 7.56. The predicted molar refractivity (Wildman–Crippen MR) is 85.5 cm³/mol. The van der Waals surface area contributed by atoms with E-state index in [1.807, 2.05) is 0 Å². The van der Waals surface area contributed by atoms with Gasteiger partial charge in [0.2, 0.25) is 0 Å². The van der Waals surface area contributed by atoms with Gasteiger partial charge in [-0.25, -0.2) is 9.59 Å². The smallest absolute Gasteiger partial charge is 0.350 e. The summed E-state index contributed by atoms with van der Waals surface area (Å²) in [6, 6.07) is 9.29. The van der Waals surface area contributed by atoms with Crippen LogP contribution in [0.25, 0.3) is 0 Å². The van der Waals surface area contributed by atoms with Gasteiger partial charge in [-0.1, -0.05) is 11.6 Å². The van der Waals surface area contributed by atoms with Gasteiger partial charge in [-0.15, -0.1) is 0 Å². The molecule has 0 saturated carbocycles. The fourth-order valence-corrected chi connectivity index (χ4v) is 2.03. The average molecular weight is 350 g/mol. The lowest BCUT2D eigenvalue weighted by atomic mass is 10.2. The Morgan fingerprint density at radius 1 is 1.12 bits per heavy atom. The first-order valence-corrected chi connectivity index (χ1v) is 7.23. The molecule has 0 aliphatic carbocycles. The topological polar surface area (TPSA) is 95.7 Å². The zero-order chi connectivity index (χ0) is 17.7. The lowest BCUT2D eigenvalue weighted by Crippen LogP contribution is -2.11. The van der Waals surface area contributed by atoms with Crippen LogP contribution in [0.5, 0.6) is 5.75 Å². The molecule has 0 aliphatic heterocycles. The first-order chi connectivity index (χ1) is 11.4. The molecule has 0 atom stereocenters. The second-order valence-corrected chi connectivity index (χ2v) is 4.99. The Bertz CT molecular complexity index is 788. The van der Waals surface area contributed by atoms with Crippen molar-refractivity contribution >= 4 is 29.2 Å². The minimum atomic E-state index is -0.901. The molecule has 124 valence electrons. The van der Waals surface area contributed by atoms with Crippen LogP contribution >= 0.6 is 11.6 Å². The molecule has 0 radical (unpaired) electrons. The van der Waals surface area contributed by atoms with Crippen LogP contribution in [0.1, 0.15) is 27.6 Å². The van der Waals surface area contributed by atoms with Crippen LogP contribution in [0.15, 0.2) is 42.5 Å². The van der Waals surface area contributed by atoms with Gasteiger partial charge in [-0.2, -0.15) is 0 Å². The number of ether oxygens (including phenoxy) is 2. The zero-order valence-electron chi connectivity index (χ0n) is 12.5. The van der Waals surface area contributed by atoms with E-state index in [4.69, 9.17) is 21.1 Å². The van der Waals surface area contributed by atoms with Gasteiger partial charge in [0.05, 0.1) is 17.1 Å². The van der Waals surface area contributed by atoms with Crippen LogP contribution in [0.4, 0.5) is 5.69 Å².